The average Bonchev–Trinajstić information content (AvgIpc) is 2.32. The van der Waals surface area contributed by atoms with Gasteiger partial charge in [-0.3, -0.25) is 4.79 Å². The molecule has 1 N–H and O–H groups in total. The van der Waals surface area contributed by atoms with E-state index in [-0.39, 0.29) is 11.3 Å². The van der Waals surface area contributed by atoms with E-state index in [4.69, 9.17) is 0 Å². The molecule has 2 rings (SSSR count). The normalized spacial score (nSPS) is 10.3. The van der Waals surface area contributed by atoms with Crippen LogP contribution in [0.5, 0.6) is 0 Å². The monoisotopic (exact) mass is 389 g/mol. The van der Waals surface area contributed by atoms with Crippen LogP contribution in [0.3, 0.4) is 0 Å². The summed E-state index contributed by atoms with van der Waals surface area (Å²) in [7, 11) is 0. The van der Waals surface area contributed by atoms with Gasteiger partial charge in [-0.2, -0.15) is 0 Å². The molecule has 0 fully saturated rings. The summed E-state index contributed by atoms with van der Waals surface area (Å²) in [5.74, 6) is -1.99. The van der Waals surface area contributed by atoms with Crippen LogP contribution in [0.25, 0.3) is 0 Å². The third kappa shape index (κ3) is 3.19. The van der Waals surface area contributed by atoms with Crippen LogP contribution >= 0.6 is 31.9 Å². The van der Waals surface area contributed by atoms with Crippen LogP contribution in [-0.4, -0.2) is 5.91 Å². The molecule has 0 heterocycles. The molecule has 0 saturated carbocycles. The van der Waals surface area contributed by atoms with Gasteiger partial charge in [0.15, 0.2) is 0 Å². The Balaban J connectivity index is 2.31. The van der Waals surface area contributed by atoms with Crippen molar-refractivity contribution < 1.29 is 13.6 Å². The van der Waals surface area contributed by atoms with Crippen LogP contribution in [-0.2, 0) is 0 Å². The minimum absolute atomic E-state index is 0.0108. The zero-order chi connectivity index (χ0) is 14.0. The van der Waals surface area contributed by atoms with Crippen molar-refractivity contribution in [1.29, 1.82) is 0 Å². The highest BCUT2D eigenvalue weighted by Gasteiger charge is 2.16. The third-order valence-corrected chi connectivity index (χ3v) is 3.52. The fourth-order valence-corrected chi connectivity index (χ4v) is 2.35. The quantitative estimate of drug-likeness (QED) is 0.788. The molecule has 0 unspecified atom stereocenters. The molecule has 0 atom stereocenters. The molecule has 98 valence electrons. The second-order valence-electron chi connectivity index (χ2n) is 3.67. The number of amides is 1. The van der Waals surface area contributed by atoms with Crippen molar-refractivity contribution in [1.82, 2.24) is 0 Å². The molecular formula is C13H7Br2F2NO. The Labute approximate surface area is 125 Å². The Hall–Kier alpha value is -1.27. The van der Waals surface area contributed by atoms with Crippen molar-refractivity contribution in [2.75, 3.05) is 5.32 Å². The number of benzene rings is 2. The zero-order valence-electron chi connectivity index (χ0n) is 9.38. The van der Waals surface area contributed by atoms with E-state index in [0.29, 0.717) is 8.95 Å². The van der Waals surface area contributed by atoms with Gasteiger partial charge in [-0.1, -0.05) is 22.0 Å². The van der Waals surface area contributed by atoms with E-state index < -0.39 is 17.5 Å². The van der Waals surface area contributed by atoms with Crippen LogP contribution in [0.1, 0.15) is 10.4 Å². The van der Waals surface area contributed by atoms with Gasteiger partial charge in [0, 0.05) is 8.95 Å². The predicted molar refractivity (Wildman–Crippen MR) is 76.2 cm³/mol. The van der Waals surface area contributed by atoms with Crippen LogP contribution in [0, 0.1) is 11.6 Å². The van der Waals surface area contributed by atoms with E-state index in [0.717, 1.165) is 6.07 Å². The minimum Gasteiger partial charge on any atom is -0.319 e. The van der Waals surface area contributed by atoms with E-state index in [1.807, 2.05) is 0 Å². The fourth-order valence-electron chi connectivity index (χ4n) is 1.49. The van der Waals surface area contributed by atoms with Gasteiger partial charge in [-0.05, 0) is 46.3 Å². The lowest BCUT2D eigenvalue weighted by atomic mass is 10.2. The number of hydrogen-bond acceptors (Lipinski definition) is 1. The standard InChI is InChI=1S/C13H7Br2F2NO/c14-7-4-5-11(10(17)6-7)18-13(19)12-8(15)2-1-3-9(12)16/h1-6H,(H,18,19). The lowest BCUT2D eigenvalue weighted by molar-refractivity contribution is 0.102. The molecule has 0 bridgehead atoms. The van der Waals surface area contributed by atoms with Gasteiger partial charge in [0.25, 0.3) is 5.91 Å². The molecule has 0 aliphatic rings. The first-order valence-electron chi connectivity index (χ1n) is 5.19. The van der Waals surface area contributed by atoms with Gasteiger partial charge in [-0.25, -0.2) is 8.78 Å². The van der Waals surface area contributed by atoms with Gasteiger partial charge in [0.05, 0.1) is 11.3 Å². The number of rotatable bonds is 2. The molecular weight excluding hydrogens is 384 g/mol. The molecule has 2 nitrogen and oxygen atoms in total. The maximum atomic E-state index is 13.6. The summed E-state index contributed by atoms with van der Waals surface area (Å²) >= 11 is 6.20. The largest absolute Gasteiger partial charge is 0.319 e. The molecule has 0 saturated heterocycles. The maximum absolute atomic E-state index is 13.6. The summed E-state index contributed by atoms with van der Waals surface area (Å²) in [5, 5.41) is 2.33. The molecule has 1 amide bonds. The number of nitrogens with one attached hydrogen (secondary N) is 1. The SMILES string of the molecule is O=C(Nc1ccc(Br)cc1F)c1c(F)cccc1Br. The number of carbonyl (C=O) groups is 1. The van der Waals surface area contributed by atoms with Crippen LogP contribution in [0.15, 0.2) is 45.3 Å². The van der Waals surface area contributed by atoms with Gasteiger partial charge < -0.3 is 5.32 Å². The molecule has 0 aromatic heterocycles. The topological polar surface area (TPSA) is 29.1 Å². The molecule has 0 radical (unpaired) electrons. The zero-order valence-corrected chi connectivity index (χ0v) is 12.6. The third-order valence-electron chi connectivity index (χ3n) is 2.37. The summed E-state index contributed by atoms with van der Waals surface area (Å²) in [6.07, 6.45) is 0. The van der Waals surface area contributed by atoms with Crippen LogP contribution in [0.4, 0.5) is 14.5 Å². The molecule has 6 heteroatoms. The highest BCUT2D eigenvalue weighted by Crippen LogP contribution is 2.23. The summed E-state index contributed by atoms with van der Waals surface area (Å²) in [6, 6.07) is 8.36. The molecule has 2 aromatic carbocycles. The lowest BCUT2D eigenvalue weighted by Crippen LogP contribution is -2.15. The van der Waals surface area contributed by atoms with E-state index in [1.54, 1.807) is 6.07 Å². The fraction of sp³-hybridized carbons (Fsp3) is 0. The Morgan fingerprint density at radius 2 is 1.79 bits per heavy atom. The van der Waals surface area contributed by atoms with Gasteiger partial charge in [0.2, 0.25) is 0 Å². The number of carbonyl (C=O) groups excluding carboxylic acids is 1. The van der Waals surface area contributed by atoms with Crippen molar-refractivity contribution in [2.45, 2.75) is 0 Å². The highest BCUT2D eigenvalue weighted by molar-refractivity contribution is 9.10. The Bertz CT molecular complexity index is 626. The maximum Gasteiger partial charge on any atom is 0.259 e. The van der Waals surface area contributed by atoms with E-state index >= 15 is 0 Å². The van der Waals surface area contributed by atoms with Gasteiger partial charge in [0.1, 0.15) is 11.6 Å². The Morgan fingerprint density at radius 1 is 1.05 bits per heavy atom. The minimum atomic E-state index is -0.716. The van der Waals surface area contributed by atoms with Crippen LogP contribution < -0.4 is 5.32 Å². The van der Waals surface area contributed by atoms with Gasteiger partial charge in [-0.15, -0.1) is 0 Å². The Kier molecular flexibility index (Phi) is 4.31. The van der Waals surface area contributed by atoms with Crippen molar-refractivity contribution in [2.24, 2.45) is 0 Å². The van der Waals surface area contributed by atoms with E-state index in [1.165, 1.54) is 24.3 Å². The second-order valence-corrected chi connectivity index (χ2v) is 5.44. The predicted octanol–water partition coefficient (Wildman–Crippen LogP) is 4.74. The summed E-state index contributed by atoms with van der Waals surface area (Å²) in [4.78, 5) is 11.9. The first-order valence-corrected chi connectivity index (χ1v) is 6.78. The van der Waals surface area contributed by atoms with Crippen molar-refractivity contribution in [3.05, 3.63) is 62.5 Å². The van der Waals surface area contributed by atoms with E-state index in [2.05, 4.69) is 37.2 Å². The summed E-state index contributed by atoms with van der Waals surface area (Å²) in [6.45, 7) is 0. The van der Waals surface area contributed by atoms with E-state index in [9.17, 15) is 13.6 Å². The Morgan fingerprint density at radius 3 is 2.42 bits per heavy atom. The smallest absolute Gasteiger partial charge is 0.259 e. The van der Waals surface area contributed by atoms with Crippen molar-refractivity contribution >= 4 is 43.5 Å². The lowest BCUT2D eigenvalue weighted by Gasteiger charge is -2.08. The molecule has 19 heavy (non-hydrogen) atoms. The highest BCUT2D eigenvalue weighted by atomic mass is 79.9. The molecule has 0 aliphatic heterocycles. The van der Waals surface area contributed by atoms with Gasteiger partial charge >= 0.3 is 0 Å². The summed E-state index contributed by atoms with van der Waals surface area (Å²) < 4.78 is 28.0. The number of anilines is 1. The van der Waals surface area contributed by atoms with Crippen molar-refractivity contribution in [3.8, 4) is 0 Å². The molecule has 0 aliphatic carbocycles. The first kappa shape index (κ1) is 14.1. The number of halogens is 4. The second kappa shape index (κ2) is 5.79. The number of hydrogen-bond donors (Lipinski definition) is 1. The van der Waals surface area contributed by atoms with Crippen molar-refractivity contribution in [3.63, 3.8) is 0 Å². The summed E-state index contributed by atoms with van der Waals surface area (Å²) in [5.41, 5.74) is -0.173. The van der Waals surface area contributed by atoms with Crippen LogP contribution in [0.2, 0.25) is 0 Å². The first-order chi connectivity index (χ1) is 8.99. The average molecular weight is 391 g/mol. The molecule has 2 aromatic rings. The molecule has 0 spiro atoms.